The van der Waals surface area contributed by atoms with Crippen LogP contribution >= 0.6 is 0 Å². The van der Waals surface area contributed by atoms with Gasteiger partial charge in [0, 0.05) is 24.0 Å². The third kappa shape index (κ3) is 5.53. The second-order valence-corrected chi connectivity index (χ2v) is 5.89. The summed E-state index contributed by atoms with van der Waals surface area (Å²) in [5.74, 6) is 0.780. The summed E-state index contributed by atoms with van der Waals surface area (Å²) >= 11 is 0. The van der Waals surface area contributed by atoms with Gasteiger partial charge in [-0.2, -0.15) is 0 Å². The summed E-state index contributed by atoms with van der Waals surface area (Å²) in [6.45, 7) is 1.62. The Balaban J connectivity index is 1.40. The minimum atomic E-state index is 0.498. The van der Waals surface area contributed by atoms with Crippen molar-refractivity contribution in [2.75, 3.05) is 13.2 Å². The summed E-state index contributed by atoms with van der Waals surface area (Å²) in [7, 11) is 0. The first-order chi connectivity index (χ1) is 12.8. The lowest BCUT2D eigenvalue weighted by Gasteiger charge is -2.09. The predicted molar refractivity (Wildman–Crippen MR) is 103 cm³/mol. The fourth-order valence-corrected chi connectivity index (χ4v) is 2.52. The van der Waals surface area contributed by atoms with Gasteiger partial charge in [-0.1, -0.05) is 36.4 Å². The highest BCUT2D eigenvalue weighted by Gasteiger charge is 2.04. The number of pyridine rings is 1. The van der Waals surface area contributed by atoms with Crippen molar-refractivity contribution in [1.82, 2.24) is 4.98 Å². The molecule has 0 atom stereocenters. The van der Waals surface area contributed by atoms with Crippen molar-refractivity contribution in [3.8, 4) is 5.75 Å². The molecule has 0 spiro atoms. The normalized spacial score (nSPS) is 10.5. The highest BCUT2D eigenvalue weighted by molar-refractivity contribution is 5.99. The van der Waals surface area contributed by atoms with E-state index >= 15 is 0 Å². The highest BCUT2D eigenvalue weighted by Crippen LogP contribution is 2.14. The zero-order chi connectivity index (χ0) is 18.0. The Labute approximate surface area is 154 Å². The van der Waals surface area contributed by atoms with Crippen molar-refractivity contribution in [2.24, 2.45) is 0 Å². The molecule has 26 heavy (non-hydrogen) atoms. The Bertz CT molecular complexity index is 803. The van der Waals surface area contributed by atoms with Crippen molar-refractivity contribution >= 4 is 5.71 Å². The van der Waals surface area contributed by atoms with Crippen LogP contribution in [0.5, 0.6) is 5.75 Å². The Morgan fingerprint density at radius 2 is 1.62 bits per heavy atom. The molecule has 1 aromatic heterocycles. The van der Waals surface area contributed by atoms with Crippen molar-refractivity contribution in [3.05, 3.63) is 95.8 Å². The first kappa shape index (κ1) is 17.8. The van der Waals surface area contributed by atoms with Crippen LogP contribution in [0.1, 0.15) is 16.8 Å². The van der Waals surface area contributed by atoms with E-state index in [-0.39, 0.29) is 0 Å². The minimum absolute atomic E-state index is 0.498. The number of rotatable bonds is 9. The zero-order valence-corrected chi connectivity index (χ0v) is 14.6. The third-order valence-corrected chi connectivity index (χ3v) is 3.89. The van der Waals surface area contributed by atoms with E-state index in [9.17, 15) is 0 Å². The predicted octanol–water partition coefficient (Wildman–Crippen LogP) is 4.29. The molecule has 3 rings (SSSR count). The van der Waals surface area contributed by atoms with Crippen LogP contribution < -0.4 is 4.74 Å². The fraction of sp³-hybridized carbons (Fsp3) is 0.182. The molecule has 4 heteroatoms. The van der Waals surface area contributed by atoms with Crippen LogP contribution in [-0.2, 0) is 17.8 Å². The molecule has 1 N–H and O–H groups in total. The Morgan fingerprint density at radius 1 is 0.846 bits per heavy atom. The van der Waals surface area contributed by atoms with Gasteiger partial charge in [-0.05, 0) is 47.5 Å². The molecule has 0 aliphatic heterocycles. The van der Waals surface area contributed by atoms with Gasteiger partial charge >= 0.3 is 0 Å². The average molecular weight is 346 g/mol. The van der Waals surface area contributed by atoms with E-state index in [4.69, 9.17) is 14.9 Å². The van der Waals surface area contributed by atoms with E-state index in [1.165, 1.54) is 0 Å². The van der Waals surface area contributed by atoms with Gasteiger partial charge in [-0.25, -0.2) is 0 Å². The molecule has 0 aliphatic rings. The number of aromatic nitrogens is 1. The third-order valence-electron chi connectivity index (χ3n) is 3.89. The van der Waals surface area contributed by atoms with E-state index < -0.39 is 0 Å². The molecule has 1 heterocycles. The summed E-state index contributed by atoms with van der Waals surface area (Å²) in [5, 5.41) is 8.21. The molecule has 0 aliphatic carbocycles. The maximum atomic E-state index is 8.21. The van der Waals surface area contributed by atoms with Crippen molar-refractivity contribution in [3.63, 3.8) is 0 Å². The molecule has 0 bridgehead atoms. The number of nitrogens with one attached hydrogen (secondary N) is 1. The smallest absolute Gasteiger partial charge is 0.119 e. The fourth-order valence-electron chi connectivity index (χ4n) is 2.52. The van der Waals surface area contributed by atoms with E-state index in [1.807, 2.05) is 72.8 Å². The van der Waals surface area contributed by atoms with Crippen molar-refractivity contribution in [1.29, 1.82) is 5.41 Å². The van der Waals surface area contributed by atoms with E-state index in [2.05, 4.69) is 4.98 Å². The first-order valence-corrected chi connectivity index (χ1v) is 8.63. The van der Waals surface area contributed by atoms with Crippen LogP contribution in [0.2, 0.25) is 0 Å². The van der Waals surface area contributed by atoms with Gasteiger partial charge in [0.1, 0.15) is 12.4 Å². The summed E-state index contributed by atoms with van der Waals surface area (Å²) in [6.07, 6.45) is 2.27. The Hall–Kier alpha value is -2.98. The molecule has 0 saturated heterocycles. The van der Waals surface area contributed by atoms with Gasteiger partial charge in [-0.3, -0.25) is 4.98 Å². The minimum Gasteiger partial charge on any atom is -0.491 e. The summed E-state index contributed by atoms with van der Waals surface area (Å²) in [6, 6.07) is 23.4. The topological polar surface area (TPSA) is 55.2 Å². The second-order valence-electron chi connectivity index (χ2n) is 5.89. The van der Waals surface area contributed by atoms with Crippen LogP contribution in [0.4, 0.5) is 0 Å². The van der Waals surface area contributed by atoms with Gasteiger partial charge in [-0.15, -0.1) is 0 Å². The number of ether oxygens (including phenoxy) is 2. The number of nitrogens with zero attached hydrogens (tertiary/aromatic N) is 1. The summed E-state index contributed by atoms with van der Waals surface area (Å²) < 4.78 is 11.3. The van der Waals surface area contributed by atoms with Crippen LogP contribution in [0.3, 0.4) is 0 Å². The van der Waals surface area contributed by atoms with Crippen molar-refractivity contribution in [2.45, 2.75) is 13.0 Å². The van der Waals surface area contributed by atoms with Gasteiger partial charge < -0.3 is 14.9 Å². The molecule has 0 fully saturated rings. The first-order valence-electron chi connectivity index (χ1n) is 8.63. The molecule has 0 amide bonds. The van der Waals surface area contributed by atoms with Gasteiger partial charge in [0.05, 0.1) is 13.2 Å². The van der Waals surface area contributed by atoms with Crippen LogP contribution in [0, 0.1) is 5.41 Å². The van der Waals surface area contributed by atoms with Gasteiger partial charge in [0.25, 0.3) is 0 Å². The SMILES string of the molecule is N=C(Cc1ccccn1)c1ccc(OCCOCc2ccccc2)cc1. The van der Waals surface area contributed by atoms with Gasteiger partial charge in [0.2, 0.25) is 0 Å². The van der Waals surface area contributed by atoms with E-state index in [0.717, 1.165) is 22.6 Å². The molecular weight excluding hydrogens is 324 g/mol. The molecule has 2 aromatic carbocycles. The molecule has 4 nitrogen and oxygen atoms in total. The number of benzene rings is 2. The van der Waals surface area contributed by atoms with Crippen LogP contribution in [0.15, 0.2) is 79.0 Å². The molecule has 0 radical (unpaired) electrons. The van der Waals surface area contributed by atoms with E-state index in [1.54, 1.807) is 6.20 Å². The van der Waals surface area contributed by atoms with Crippen LogP contribution in [-0.4, -0.2) is 23.9 Å². The second kappa shape index (κ2) is 9.49. The summed E-state index contributed by atoms with van der Waals surface area (Å²) in [4.78, 5) is 4.26. The molecule has 0 unspecified atom stereocenters. The highest BCUT2D eigenvalue weighted by atomic mass is 16.5. The van der Waals surface area contributed by atoms with Crippen LogP contribution in [0.25, 0.3) is 0 Å². The monoisotopic (exact) mass is 346 g/mol. The number of hydrogen-bond acceptors (Lipinski definition) is 4. The number of hydrogen-bond donors (Lipinski definition) is 1. The zero-order valence-electron chi connectivity index (χ0n) is 14.6. The lowest BCUT2D eigenvalue weighted by Crippen LogP contribution is -2.07. The Morgan fingerprint density at radius 3 is 2.35 bits per heavy atom. The Kier molecular flexibility index (Phi) is 6.51. The quantitative estimate of drug-likeness (QED) is 0.464. The molecular formula is C22H22N2O2. The van der Waals surface area contributed by atoms with Gasteiger partial charge in [0.15, 0.2) is 0 Å². The maximum Gasteiger partial charge on any atom is 0.119 e. The molecule has 3 aromatic rings. The largest absolute Gasteiger partial charge is 0.491 e. The summed E-state index contributed by atoms with van der Waals surface area (Å²) in [5.41, 5.74) is 3.47. The molecule has 0 saturated carbocycles. The lowest BCUT2D eigenvalue weighted by atomic mass is 10.1. The standard InChI is InChI=1S/C22H22N2O2/c23-22(16-20-8-4-5-13-24-20)19-9-11-21(12-10-19)26-15-14-25-17-18-6-2-1-3-7-18/h1-13,23H,14-17H2. The van der Waals surface area contributed by atoms with E-state index in [0.29, 0.717) is 32.0 Å². The molecule has 132 valence electrons. The maximum absolute atomic E-state index is 8.21. The lowest BCUT2D eigenvalue weighted by molar-refractivity contribution is 0.0889. The average Bonchev–Trinajstić information content (AvgIpc) is 2.70. The van der Waals surface area contributed by atoms with Crippen molar-refractivity contribution < 1.29 is 9.47 Å².